The third-order valence-electron chi connectivity index (χ3n) is 2.73. The highest BCUT2D eigenvalue weighted by molar-refractivity contribution is 7.99. The van der Waals surface area contributed by atoms with Gasteiger partial charge in [-0.25, -0.2) is 0 Å². The fourth-order valence-corrected chi connectivity index (χ4v) is 2.80. The van der Waals surface area contributed by atoms with E-state index in [1.54, 1.807) is 11.8 Å². The van der Waals surface area contributed by atoms with Gasteiger partial charge in [-0.2, -0.15) is 0 Å². The number of benzene rings is 1. The van der Waals surface area contributed by atoms with Gasteiger partial charge < -0.3 is 10.4 Å². The Morgan fingerprint density at radius 2 is 2.20 bits per heavy atom. The lowest BCUT2D eigenvalue weighted by Crippen LogP contribution is -2.36. The first-order valence-corrected chi connectivity index (χ1v) is 6.44. The van der Waals surface area contributed by atoms with E-state index in [2.05, 4.69) is 17.4 Å². The Bertz CT molecular complexity index is 285. The van der Waals surface area contributed by atoms with E-state index in [1.165, 1.54) is 11.3 Å². The summed E-state index contributed by atoms with van der Waals surface area (Å²) in [5.41, 5.74) is 0. The summed E-state index contributed by atoms with van der Waals surface area (Å²) in [6.07, 6.45) is 2.08. The van der Waals surface area contributed by atoms with Gasteiger partial charge in [0.05, 0.1) is 6.10 Å². The van der Waals surface area contributed by atoms with Crippen LogP contribution >= 0.6 is 11.8 Å². The third kappa shape index (κ3) is 3.23. The van der Waals surface area contributed by atoms with Gasteiger partial charge >= 0.3 is 0 Å². The van der Waals surface area contributed by atoms with Crippen molar-refractivity contribution in [2.75, 3.05) is 12.3 Å². The number of hydrogen-bond donors (Lipinski definition) is 2. The number of hydrogen-bond acceptors (Lipinski definition) is 3. The first-order valence-electron chi connectivity index (χ1n) is 5.45. The van der Waals surface area contributed by atoms with Crippen molar-refractivity contribution in [2.45, 2.75) is 29.9 Å². The van der Waals surface area contributed by atoms with Gasteiger partial charge in [0, 0.05) is 16.7 Å². The lowest BCUT2D eigenvalue weighted by Gasteiger charge is -2.17. The maximum absolute atomic E-state index is 9.93. The van der Waals surface area contributed by atoms with Gasteiger partial charge in [0.25, 0.3) is 0 Å². The van der Waals surface area contributed by atoms with Crippen LogP contribution in [0.3, 0.4) is 0 Å². The highest BCUT2D eigenvalue weighted by Crippen LogP contribution is 2.20. The van der Waals surface area contributed by atoms with Gasteiger partial charge in [0.15, 0.2) is 0 Å². The molecule has 1 aromatic carbocycles. The lowest BCUT2D eigenvalue weighted by atomic mass is 10.1. The molecule has 0 aliphatic carbocycles. The molecule has 1 heterocycles. The zero-order valence-corrected chi connectivity index (χ0v) is 9.54. The van der Waals surface area contributed by atoms with Crippen LogP contribution < -0.4 is 5.32 Å². The molecule has 0 amide bonds. The monoisotopic (exact) mass is 223 g/mol. The van der Waals surface area contributed by atoms with Gasteiger partial charge in [-0.1, -0.05) is 18.2 Å². The topological polar surface area (TPSA) is 32.3 Å². The Morgan fingerprint density at radius 3 is 2.87 bits per heavy atom. The second kappa shape index (κ2) is 5.54. The molecule has 3 heteroatoms. The average molecular weight is 223 g/mol. The summed E-state index contributed by atoms with van der Waals surface area (Å²) in [6.45, 7) is 1.05. The van der Waals surface area contributed by atoms with Crippen molar-refractivity contribution in [2.24, 2.45) is 0 Å². The molecule has 0 radical (unpaired) electrons. The van der Waals surface area contributed by atoms with Crippen molar-refractivity contribution in [1.29, 1.82) is 0 Å². The summed E-state index contributed by atoms with van der Waals surface area (Å²) >= 11 is 1.73. The van der Waals surface area contributed by atoms with E-state index in [4.69, 9.17) is 0 Å². The van der Waals surface area contributed by atoms with E-state index in [0.717, 1.165) is 18.7 Å². The van der Waals surface area contributed by atoms with E-state index in [9.17, 15) is 5.11 Å². The van der Waals surface area contributed by atoms with E-state index < -0.39 is 0 Å². The summed E-state index contributed by atoms with van der Waals surface area (Å²) in [7, 11) is 0. The molecule has 2 atom stereocenters. The Morgan fingerprint density at radius 1 is 1.40 bits per heavy atom. The fourth-order valence-electron chi connectivity index (χ4n) is 1.85. The lowest BCUT2D eigenvalue weighted by molar-refractivity contribution is 0.159. The standard InChI is InChI=1S/C12H17NOS/c14-12(11-7-4-8-13-11)9-15-10-5-2-1-3-6-10/h1-3,5-6,11-14H,4,7-9H2. The minimum absolute atomic E-state index is 0.224. The molecule has 2 N–H and O–H groups in total. The second-order valence-electron chi connectivity index (χ2n) is 3.89. The number of aliphatic hydroxyl groups is 1. The molecular formula is C12H17NOS. The number of aliphatic hydroxyl groups excluding tert-OH is 1. The van der Waals surface area contributed by atoms with Crippen LogP contribution in [0.25, 0.3) is 0 Å². The molecule has 1 aliphatic heterocycles. The van der Waals surface area contributed by atoms with Crippen LogP contribution in [0.4, 0.5) is 0 Å². The van der Waals surface area contributed by atoms with Gasteiger partial charge in [0.1, 0.15) is 0 Å². The normalized spacial score (nSPS) is 22.9. The molecule has 1 aromatic rings. The zero-order chi connectivity index (χ0) is 10.5. The second-order valence-corrected chi connectivity index (χ2v) is 4.99. The van der Waals surface area contributed by atoms with Crippen molar-refractivity contribution < 1.29 is 5.11 Å². The van der Waals surface area contributed by atoms with Crippen LogP contribution in [0, 0.1) is 0 Å². The molecule has 2 rings (SSSR count). The van der Waals surface area contributed by atoms with Crippen molar-refractivity contribution in [3.8, 4) is 0 Å². The quantitative estimate of drug-likeness (QED) is 0.765. The fraction of sp³-hybridized carbons (Fsp3) is 0.500. The van der Waals surface area contributed by atoms with Crippen LogP contribution in [0.2, 0.25) is 0 Å². The van der Waals surface area contributed by atoms with Crippen molar-refractivity contribution in [3.63, 3.8) is 0 Å². The summed E-state index contributed by atoms with van der Waals surface area (Å²) in [4.78, 5) is 1.23. The molecule has 1 aliphatic rings. The van der Waals surface area contributed by atoms with Crippen molar-refractivity contribution in [1.82, 2.24) is 5.32 Å². The Kier molecular flexibility index (Phi) is 4.06. The van der Waals surface area contributed by atoms with Crippen LogP contribution in [0.1, 0.15) is 12.8 Å². The maximum Gasteiger partial charge on any atom is 0.0786 e. The molecule has 1 fully saturated rings. The van der Waals surface area contributed by atoms with Crippen molar-refractivity contribution >= 4 is 11.8 Å². The first-order chi connectivity index (χ1) is 7.36. The molecule has 0 spiro atoms. The summed E-state index contributed by atoms with van der Waals surface area (Å²) in [5, 5.41) is 13.3. The smallest absolute Gasteiger partial charge is 0.0786 e. The summed E-state index contributed by atoms with van der Waals surface area (Å²) in [6, 6.07) is 10.5. The van der Waals surface area contributed by atoms with Gasteiger partial charge in [-0.15, -0.1) is 11.8 Å². The SMILES string of the molecule is OC(CSc1ccccc1)C1CCCN1. The molecule has 15 heavy (non-hydrogen) atoms. The number of nitrogens with one attached hydrogen (secondary N) is 1. The molecular weight excluding hydrogens is 206 g/mol. The highest BCUT2D eigenvalue weighted by atomic mass is 32.2. The Balaban J connectivity index is 1.77. The summed E-state index contributed by atoms with van der Waals surface area (Å²) in [5.74, 6) is 0.779. The molecule has 0 bridgehead atoms. The third-order valence-corrected chi connectivity index (χ3v) is 3.84. The minimum atomic E-state index is -0.224. The molecule has 82 valence electrons. The molecule has 0 saturated carbocycles. The summed E-state index contributed by atoms with van der Waals surface area (Å²) < 4.78 is 0. The van der Waals surface area contributed by atoms with Crippen LogP contribution in [0.15, 0.2) is 35.2 Å². The first kappa shape index (κ1) is 11.0. The van der Waals surface area contributed by atoms with E-state index >= 15 is 0 Å². The van der Waals surface area contributed by atoms with E-state index in [1.807, 2.05) is 18.2 Å². The molecule has 2 unspecified atom stereocenters. The van der Waals surface area contributed by atoms with Crippen LogP contribution in [0.5, 0.6) is 0 Å². The number of thioether (sulfide) groups is 1. The van der Waals surface area contributed by atoms with Crippen LogP contribution in [-0.2, 0) is 0 Å². The maximum atomic E-state index is 9.93. The molecule has 1 saturated heterocycles. The molecule has 0 aromatic heterocycles. The molecule has 2 nitrogen and oxygen atoms in total. The van der Waals surface area contributed by atoms with Crippen LogP contribution in [-0.4, -0.2) is 29.5 Å². The largest absolute Gasteiger partial charge is 0.391 e. The Hall–Kier alpha value is -0.510. The van der Waals surface area contributed by atoms with E-state index in [0.29, 0.717) is 6.04 Å². The number of rotatable bonds is 4. The Labute approximate surface area is 95.1 Å². The predicted molar refractivity (Wildman–Crippen MR) is 64.2 cm³/mol. The highest BCUT2D eigenvalue weighted by Gasteiger charge is 2.22. The van der Waals surface area contributed by atoms with E-state index in [-0.39, 0.29) is 6.10 Å². The van der Waals surface area contributed by atoms with Crippen molar-refractivity contribution in [3.05, 3.63) is 30.3 Å². The zero-order valence-electron chi connectivity index (χ0n) is 8.73. The van der Waals surface area contributed by atoms with Gasteiger partial charge in [-0.3, -0.25) is 0 Å². The average Bonchev–Trinajstić information content (AvgIpc) is 2.81. The predicted octanol–water partition coefficient (Wildman–Crippen LogP) is 1.89. The minimum Gasteiger partial charge on any atom is -0.391 e. The van der Waals surface area contributed by atoms with Gasteiger partial charge in [-0.05, 0) is 31.5 Å². The van der Waals surface area contributed by atoms with Gasteiger partial charge in [0.2, 0.25) is 0 Å².